The predicted octanol–water partition coefficient (Wildman–Crippen LogP) is 2.23. The van der Waals surface area contributed by atoms with Gasteiger partial charge >= 0.3 is 0 Å². The molecule has 0 saturated heterocycles. The van der Waals surface area contributed by atoms with Crippen LogP contribution in [-0.2, 0) is 4.79 Å². The van der Waals surface area contributed by atoms with Gasteiger partial charge in [-0.25, -0.2) is 0 Å². The van der Waals surface area contributed by atoms with Gasteiger partial charge in [0.15, 0.2) is 18.1 Å². The highest BCUT2D eigenvalue weighted by Crippen LogP contribution is 2.27. The average molecular weight is 380 g/mol. The minimum Gasteiger partial charge on any atom is -0.493 e. The van der Waals surface area contributed by atoms with Crippen LogP contribution in [0.25, 0.3) is 11.3 Å². The number of hydrogen-bond donors (Lipinski definition) is 3. The van der Waals surface area contributed by atoms with Crippen molar-refractivity contribution in [3.05, 3.63) is 65.9 Å². The highest BCUT2D eigenvalue weighted by molar-refractivity contribution is 5.94. The molecule has 8 heteroatoms. The molecule has 1 heterocycles. The molecule has 2 amide bonds. The van der Waals surface area contributed by atoms with E-state index < -0.39 is 11.8 Å². The predicted molar refractivity (Wildman–Crippen MR) is 103 cm³/mol. The van der Waals surface area contributed by atoms with Crippen LogP contribution in [0.2, 0.25) is 0 Å². The van der Waals surface area contributed by atoms with E-state index in [1.807, 2.05) is 43.3 Å². The van der Waals surface area contributed by atoms with E-state index in [0.29, 0.717) is 17.2 Å². The SMILES string of the molecule is COc1cc(C)ccc1OCC(=O)NNC(=O)c1cc(-c2ccccc2)n[nH]1. The van der Waals surface area contributed by atoms with E-state index >= 15 is 0 Å². The molecule has 0 aliphatic rings. The van der Waals surface area contributed by atoms with Crippen LogP contribution in [0.15, 0.2) is 54.6 Å². The lowest BCUT2D eigenvalue weighted by atomic mass is 10.1. The summed E-state index contributed by atoms with van der Waals surface area (Å²) in [6.07, 6.45) is 0. The van der Waals surface area contributed by atoms with Crippen molar-refractivity contribution in [2.75, 3.05) is 13.7 Å². The summed E-state index contributed by atoms with van der Waals surface area (Å²) >= 11 is 0. The first kappa shape index (κ1) is 19.0. The maximum Gasteiger partial charge on any atom is 0.287 e. The van der Waals surface area contributed by atoms with Gasteiger partial charge in [0.25, 0.3) is 11.8 Å². The highest BCUT2D eigenvalue weighted by Gasteiger charge is 2.13. The summed E-state index contributed by atoms with van der Waals surface area (Å²) < 4.78 is 10.7. The third-order valence-corrected chi connectivity index (χ3v) is 3.89. The van der Waals surface area contributed by atoms with Gasteiger partial charge in [-0.3, -0.25) is 25.5 Å². The minimum absolute atomic E-state index is 0.222. The Morgan fingerprint density at radius 3 is 2.57 bits per heavy atom. The number of ether oxygens (including phenoxy) is 2. The molecule has 3 N–H and O–H groups in total. The molecule has 144 valence electrons. The van der Waals surface area contributed by atoms with E-state index in [1.165, 1.54) is 7.11 Å². The first-order valence-corrected chi connectivity index (χ1v) is 8.54. The lowest BCUT2D eigenvalue weighted by Gasteiger charge is -2.11. The van der Waals surface area contributed by atoms with Crippen molar-refractivity contribution >= 4 is 11.8 Å². The van der Waals surface area contributed by atoms with Crippen molar-refractivity contribution in [1.29, 1.82) is 0 Å². The summed E-state index contributed by atoms with van der Waals surface area (Å²) in [5, 5.41) is 6.74. The molecule has 0 fully saturated rings. The van der Waals surface area contributed by atoms with Gasteiger partial charge in [-0.2, -0.15) is 5.10 Å². The Kier molecular flexibility index (Phi) is 5.91. The zero-order valence-corrected chi connectivity index (χ0v) is 15.5. The number of aromatic amines is 1. The summed E-state index contributed by atoms with van der Waals surface area (Å²) in [6.45, 7) is 1.64. The zero-order valence-electron chi connectivity index (χ0n) is 15.5. The summed E-state index contributed by atoms with van der Waals surface area (Å²) in [7, 11) is 1.52. The molecule has 2 aromatic carbocycles. The van der Waals surface area contributed by atoms with E-state index in [1.54, 1.807) is 18.2 Å². The average Bonchev–Trinajstić information content (AvgIpc) is 3.22. The fourth-order valence-electron chi connectivity index (χ4n) is 2.46. The van der Waals surface area contributed by atoms with Crippen LogP contribution in [0, 0.1) is 6.92 Å². The van der Waals surface area contributed by atoms with Crippen LogP contribution in [0.5, 0.6) is 11.5 Å². The topological polar surface area (TPSA) is 105 Å². The van der Waals surface area contributed by atoms with Crippen molar-refractivity contribution in [2.45, 2.75) is 6.92 Å². The van der Waals surface area contributed by atoms with Crippen LogP contribution in [0.3, 0.4) is 0 Å². The fraction of sp³-hybridized carbons (Fsp3) is 0.150. The number of carbonyl (C=O) groups is 2. The first-order chi connectivity index (χ1) is 13.6. The van der Waals surface area contributed by atoms with Crippen LogP contribution < -0.4 is 20.3 Å². The Labute approximate surface area is 161 Å². The number of aromatic nitrogens is 2. The number of aryl methyl sites for hydroxylation is 1. The summed E-state index contributed by atoms with van der Waals surface area (Å²) in [6, 6.07) is 16.4. The molecule has 8 nitrogen and oxygen atoms in total. The molecule has 0 atom stereocenters. The number of rotatable bonds is 6. The third-order valence-electron chi connectivity index (χ3n) is 3.89. The maximum atomic E-state index is 12.1. The number of carbonyl (C=O) groups excluding carboxylic acids is 2. The Morgan fingerprint density at radius 1 is 1.04 bits per heavy atom. The second-order valence-electron chi connectivity index (χ2n) is 5.98. The van der Waals surface area contributed by atoms with E-state index in [9.17, 15) is 9.59 Å². The van der Waals surface area contributed by atoms with E-state index in [0.717, 1.165) is 11.1 Å². The van der Waals surface area contributed by atoms with Gasteiger partial charge in [-0.1, -0.05) is 36.4 Å². The van der Waals surface area contributed by atoms with Crippen LogP contribution in [0.4, 0.5) is 0 Å². The second kappa shape index (κ2) is 8.72. The Bertz CT molecular complexity index is 969. The standard InChI is InChI=1S/C20H20N4O4/c1-13-8-9-17(18(10-13)27-2)28-12-19(25)23-24-20(26)16-11-15(21-22-16)14-6-4-3-5-7-14/h3-11H,12H2,1-2H3,(H,21,22)(H,23,25)(H,24,26). The van der Waals surface area contributed by atoms with Crippen LogP contribution in [-0.4, -0.2) is 35.7 Å². The van der Waals surface area contributed by atoms with Gasteiger partial charge in [0, 0.05) is 5.56 Å². The summed E-state index contributed by atoms with van der Waals surface area (Å²) in [5.74, 6) is -0.0619. The highest BCUT2D eigenvalue weighted by atomic mass is 16.5. The lowest BCUT2D eigenvalue weighted by Crippen LogP contribution is -2.44. The maximum absolute atomic E-state index is 12.1. The Balaban J connectivity index is 1.51. The van der Waals surface area contributed by atoms with Crippen molar-refractivity contribution in [3.8, 4) is 22.8 Å². The van der Waals surface area contributed by atoms with Gasteiger partial charge in [-0.15, -0.1) is 0 Å². The third kappa shape index (κ3) is 4.67. The first-order valence-electron chi connectivity index (χ1n) is 8.54. The number of hydrogen-bond acceptors (Lipinski definition) is 5. The number of nitrogens with zero attached hydrogens (tertiary/aromatic N) is 1. The van der Waals surface area contributed by atoms with E-state index in [4.69, 9.17) is 9.47 Å². The number of amides is 2. The monoisotopic (exact) mass is 380 g/mol. The second-order valence-corrected chi connectivity index (χ2v) is 5.98. The molecule has 28 heavy (non-hydrogen) atoms. The van der Waals surface area contributed by atoms with Gasteiger partial charge in [0.05, 0.1) is 12.8 Å². The van der Waals surface area contributed by atoms with Gasteiger partial charge in [0.2, 0.25) is 0 Å². The van der Waals surface area contributed by atoms with Crippen molar-refractivity contribution in [1.82, 2.24) is 21.0 Å². The zero-order chi connectivity index (χ0) is 19.9. The molecule has 0 saturated carbocycles. The quantitative estimate of drug-likeness (QED) is 0.569. The van der Waals surface area contributed by atoms with Crippen molar-refractivity contribution in [3.63, 3.8) is 0 Å². The Hall–Kier alpha value is -3.81. The molecular formula is C20H20N4O4. The van der Waals surface area contributed by atoms with E-state index in [2.05, 4.69) is 21.0 Å². The lowest BCUT2D eigenvalue weighted by molar-refractivity contribution is -0.123. The van der Waals surface area contributed by atoms with Crippen molar-refractivity contribution in [2.24, 2.45) is 0 Å². The molecular weight excluding hydrogens is 360 g/mol. The Morgan fingerprint density at radius 2 is 1.82 bits per heavy atom. The van der Waals surface area contributed by atoms with Crippen molar-refractivity contribution < 1.29 is 19.1 Å². The smallest absolute Gasteiger partial charge is 0.287 e. The van der Waals surface area contributed by atoms with Gasteiger partial charge in [0.1, 0.15) is 5.69 Å². The minimum atomic E-state index is -0.518. The molecule has 0 unspecified atom stereocenters. The fourth-order valence-corrected chi connectivity index (χ4v) is 2.46. The molecule has 0 spiro atoms. The summed E-state index contributed by atoms with van der Waals surface area (Å²) in [4.78, 5) is 24.1. The van der Waals surface area contributed by atoms with Crippen LogP contribution in [0.1, 0.15) is 16.1 Å². The number of H-pyrrole nitrogens is 1. The normalized spacial score (nSPS) is 10.2. The molecule has 3 aromatic rings. The number of nitrogens with one attached hydrogen (secondary N) is 3. The van der Waals surface area contributed by atoms with E-state index in [-0.39, 0.29) is 12.3 Å². The number of methoxy groups -OCH3 is 1. The molecule has 0 aliphatic carbocycles. The van der Waals surface area contributed by atoms with Gasteiger partial charge < -0.3 is 9.47 Å². The van der Waals surface area contributed by atoms with Crippen LogP contribution >= 0.6 is 0 Å². The molecule has 3 rings (SSSR count). The number of benzene rings is 2. The number of hydrazine groups is 1. The molecule has 0 aliphatic heterocycles. The summed E-state index contributed by atoms with van der Waals surface area (Å²) in [5.41, 5.74) is 7.35. The molecule has 0 bridgehead atoms. The van der Waals surface area contributed by atoms with Gasteiger partial charge in [-0.05, 0) is 30.7 Å². The molecule has 0 radical (unpaired) electrons. The largest absolute Gasteiger partial charge is 0.493 e. The molecule has 1 aromatic heterocycles.